The van der Waals surface area contributed by atoms with Gasteiger partial charge in [-0.3, -0.25) is 4.72 Å². The first kappa shape index (κ1) is 12.9. The normalized spacial score (nSPS) is 11.2. The fourth-order valence-corrected chi connectivity index (χ4v) is 3.05. The van der Waals surface area contributed by atoms with Crippen LogP contribution in [0.1, 0.15) is 5.56 Å². The van der Waals surface area contributed by atoms with Gasteiger partial charge in [-0.2, -0.15) is 0 Å². The molecule has 0 aliphatic heterocycles. The van der Waals surface area contributed by atoms with Gasteiger partial charge in [-0.1, -0.05) is 23.7 Å². The topological polar surface area (TPSA) is 59.1 Å². The lowest BCUT2D eigenvalue weighted by molar-refractivity contribution is 0.601. The maximum atomic E-state index is 12.1. The number of aromatic nitrogens is 1. The van der Waals surface area contributed by atoms with Crippen LogP contribution in [0.4, 0.5) is 5.82 Å². The van der Waals surface area contributed by atoms with Gasteiger partial charge in [0.15, 0.2) is 0 Å². The van der Waals surface area contributed by atoms with Gasteiger partial charge in [-0.15, -0.1) is 0 Å². The van der Waals surface area contributed by atoms with Gasteiger partial charge in [0.25, 0.3) is 10.0 Å². The van der Waals surface area contributed by atoms with E-state index in [1.54, 1.807) is 30.3 Å². The summed E-state index contributed by atoms with van der Waals surface area (Å²) in [6, 6.07) is 9.74. The lowest BCUT2D eigenvalue weighted by Crippen LogP contribution is -2.14. The molecule has 4 nitrogen and oxygen atoms in total. The van der Waals surface area contributed by atoms with E-state index < -0.39 is 10.0 Å². The molecule has 6 heteroatoms. The van der Waals surface area contributed by atoms with Crippen molar-refractivity contribution in [1.82, 2.24) is 4.98 Å². The Hall–Kier alpha value is -1.59. The van der Waals surface area contributed by atoms with Crippen molar-refractivity contribution in [1.29, 1.82) is 0 Å². The summed E-state index contributed by atoms with van der Waals surface area (Å²) in [7, 11) is -3.71. The number of sulfonamides is 1. The lowest BCUT2D eigenvalue weighted by atomic mass is 10.2. The first-order valence-electron chi connectivity index (χ1n) is 5.19. The second kappa shape index (κ2) is 4.96. The van der Waals surface area contributed by atoms with Crippen molar-refractivity contribution in [3.05, 3.63) is 53.2 Å². The maximum Gasteiger partial charge on any atom is 0.264 e. The molecule has 0 unspecified atom stereocenters. The summed E-state index contributed by atoms with van der Waals surface area (Å²) in [5, 5.41) is 0.193. The summed E-state index contributed by atoms with van der Waals surface area (Å²) in [4.78, 5) is 3.95. The number of hydrogen-bond acceptors (Lipinski definition) is 3. The van der Waals surface area contributed by atoms with E-state index in [1.165, 1.54) is 12.3 Å². The van der Waals surface area contributed by atoms with Crippen molar-refractivity contribution in [2.45, 2.75) is 11.8 Å². The summed E-state index contributed by atoms with van der Waals surface area (Å²) >= 11 is 5.94. The predicted octanol–water partition coefficient (Wildman–Crippen LogP) is 2.84. The Labute approximate surface area is 111 Å². The summed E-state index contributed by atoms with van der Waals surface area (Å²) in [5.74, 6) is 0.258. The van der Waals surface area contributed by atoms with Crippen LogP contribution in [-0.4, -0.2) is 13.4 Å². The number of anilines is 1. The highest BCUT2D eigenvalue weighted by Gasteiger charge is 2.18. The maximum absolute atomic E-state index is 12.1. The van der Waals surface area contributed by atoms with Crippen LogP contribution in [0.5, 0.6) is 0 Å². The minimum Gasteiger partial charge on any atom is -0.263 e. The molecular weight excluding hydrogens is 272 g/mol. The van der Waals surface area contributed by atoms with Crippen molar-refractivity contribution in [3.8, 4) is 0 Å². The molecule has 2 aromatic rings. The largest absolute Gasteiger partial charge is 0.264 e. The molecule has 0 aliphatic rings. The van der Waals surface area contributed by atoms with Gasteiger partial charge < -0.3 is 0 Å². The fourth-order valence-electron chi connectivity index (χ4n) is 1.44. The third-order valence-corrected chi connectivity index (χ3v) is 4.12. The summed E-state index contributed by atoms with van der Waals surface area (Å²) in [6.45, 7) is 1.84. The molecule has 1 heterocycles. The van der Waals surface area contributed by atoms with Gasteiger partial charge in [0.1, 0.15) is 10.7 Å². The van der Waals surface area contributed by atoms with Crippen LogP contribution in [0, 0.1) is 6.92 Å². The van der Waals surface area contributed by atoms with Crippen molar-refractivity contribution in [3.63, 3.8) is 0 Å². The number of rotatable bonds is 3. The highest BCUT2D eigenvalue weighted by atomic mass is 35.5. The Morgan fingerprint density at radius 1 is 1.22 bits per heavy atom. The smallest absolute Gasteiger partial charge is 0.263 e. The number of aryl methyl sites for hydroxylation is 1. The Morgan fingerprint density at radius 2 is 2.00 bits per heavy atom. The van der Waals surface area contributed by atoms with E-state index in [0.717, 1.165) is 5.56 Å². The van der Waals surface area contributed by atoms with Crippen LogP contribution < -0.4 is 4.72 Å². The van der Waals surface area contributed by atoms with E-state index in [9.17, 15) is 8.42 Å². The van der Waals surface area contributed by atoms with Crippen molar-refractivity contribution >= 4 is 27.4 Å². The van der Waals surface area contributed by atoms with E-state index >= 15 is 0 Å². The Balaban J connectivity index is 2.37. The quantitative estimate of drug-likeness (QED) is 0.942. The van der Waals surface area contributed by atoms with E-state index in [4.69, 9.17) is 11.6 Å². The number of halogens is 1. The van der Waals surface area contributed by atoms with Gasteiger partial charge in [0, 0.05) is 6.20 Å². The van der Waals surface area contributed by atoms with E-state index in [0.29, 0.717) is 0 Å². The zero-order chi connectivity index (χ0) is 13.2. The van der Waals surface area contributed by atoms with Crippen molar-refractivity contribution in [2.24, 2.45) is 0 Å². The van der Waals surface area contributed by atoms with Crippen LogP contribution in [0.2, 0.25) is 5.02 Å². The van der Waals surface area contributed by atoms with Gasteiger partial charge in [-0.25, -0.2) is 13.4 Å². The zero-order valence-corrected chi connectivity index (χ0v) is 11.2. The average Bonchev–Trinajstić information content (AvgIpc) is 2.29. The second-order valence-corrected chi connectivity index (χ2v) is 5.81. The standard InChI is InChI=1S/C12H11ClN2O2S/c1-9-5-6-11(10(13)8-9)18(16,17)15-12-4-2-3-7-14-12/h2-8H,1H3,(H,14,15). The van der Waals surface area contributed by atoms with Crippen LogP contribution in [0.3, 0.4) is 0 Å². The molecule has 0 spiro atoms. The molecule has 18 heavy (non-hydrogen) atoms. The molecule has 2 rings (SSSR count). The van der Waals surface area contributed by atoms with Gasteiger partial charge in [0.2, 0.25) is 0 Å². The molecule has 94 valence electrons. The van der Waals surface area contributed by atoms with E-state index in [1.807, 2.05) is 6.92 Å². The van der Waals surface area contributed by atoms with Crippen LogP contribution in [0.15, 0.2) is 47.5 Å². The first-order chi connectivity index (χ1) is 8.49. The monoisotopic (exact) mass is 282 g/mol. The molecule has 0 atom stereocenters. The third kappa shape index (κ3) is 2.80. The minimum atomic E-state index is -3.71. The second-order valence-electron chi connectivity index (χ2n) is 3.75. The molecule has 0 amide bonds. The van der Waals surface area contributed by atoms with Crippen LogP contribution in [0.25, 0.3) is 0 Å². The van der Waals surface area contributed by atoms with Crippen LogP contribution in [-0.2, 0) is 10.0 Å². The average molecular weight is 283 g/mol. The number of nitrogens with zero attached hydrogens (tertiary/aromatic N) is 1. The zero-order valence-electron chi connectivity index (χ0n) is 9.59. The van der Waals surface area contributed by atoms with Crippen molar-refractivity contribution in [2.75, 3.05) is 4.72 Å². The van der Waals surface area contributed by atoms with E-state index in [-0.39, 0.29) is 15.7 Å². The number of pyridine rings is 1. The SMILES string of the molecule is Cc1ccc(S(=O)(=O)Nc2ccccn2)c(Cl)c1. The highest BCUT2D eigenvalue weighted by Crippen LogP contribution is 2.24. The number of hydrogen-bond donors (Lipinski definition) is 1. The molecule has 0 saturated carbocycles. The molecule has 0 aliphatic carbocycles. The number of benzene rings is 1. The van der Waals surface area contributed by atoms with Gasteiger partial charge >= 0.3 is 0 Å². The lowest BCUT2D eigenvalue weighted by Gasteiger charge is -2.08. The van der Waals surface area contributed by atoms with Gasteiger partial charge in [-0.05, 0) is 36.8 Å². The molecule has 0 bridgehead atoms. The molecule has 1 aromatic heterocycles. The minimum absolute atomic E-state index is 0.0421. The molecule has 0 saturated heterocycles. The summed E-state index contributed by atoms with van der Waals surface area (Å²) in [6.07, 6.45) is 1.51. The third-order valence-electron chi connectivity index (χ3n) is 2.28. The fraction of sp³-hybridized carbons (Fsp3) is 0.0833. The summed E-state index contributed by atoms with van der Waals surface area (Å²) < 4.78 is 26.6. The molecule has 0 fully saturated rings. The Bertz CT molecular complexity index is 657. The predicted molar refractivity (Wildman–Crippen MR) is 71.2 cm³/mol. The Kier molecular flexibility index (Phi) is 3.54. The van der Waals surface area contributed by atoms with Crippen LogP contribution >= 0.6 is 11.6 Å². The van der Waals surface area contributed by atoms with Crippen molar-refractivity contribution < 1.29 is 8.42 Å². The molecule has 0 radical (unpaired) electrons. The molecule has 1 aromatic carbocycles. The summed E-state index contributed by atoms with van der Waals surface area (Å²) in [5.41, 5.74) is 0.900. The highest BCUT2D eigenvalue weighted by molar-refractivity contribution is 7.92. The van der Waals surface area contributed by atoms with E-state index in [2.05, 4.69) is 9.71 Å². The van der Waals surface area contributed by atoms with Gasteiger partial charge in [0.05, 0.1) is 5.02 Å². The first-order valence-corrected chi connectivity index (χ1v) is 7.05. The number of nitrogens with one attached hydrogen (secondary N) is 1. The Morgan fingerprint density at radius 3 is 2.61 bits per heavy atom. The molecule has 1 N–H and O–H groups in total. The molecular formula is C12H11ClN2O2S.